The lowest BCUT2D eigenvalue weighted by Crippen LogP contribution is -2.15. The molecule has 5 heteroatoms. The number of pyridine rings is 1. The molecule has 0 amide bonds. The van der Waals surface area contributed by atoms with Crippen LogP contribution in [0.4, 0.5) is 8.78 Å². The first-order valence-electron chi connectivity index (χ1n) is 7.39. The third-order valence-corrected chi connectivity index (χ3v) is 3.33. The van der Waals surface area contributed by atoms with Gasteiger partial charge in [0.1, 0.15) is 0 Å². The number of alkyl halides is 2. The van der Waals surface area contributed by atoms with Crippen molar-refractivity contribution < 1.29 is 13.5 Å². The fourth-order valence-electron chi connectivity index (χ4n) is 2.32. The third kappa shape index (κ3) is 4.92. The Balaban J connectivity index is 2.16. The summed E-state index contributed by atoms with van der Waals surface area (Å²) in [5.41, 5.74) is 1.84. The van der Waals surface area contributed by atoms with Gasteiger partial charge in [-0.2, -0.15) is 0 Å². The predicted molar refractivity (Wildman–Crippen MR) is 79.2 cm³/mol. The molecule has 0 spiro atoms. The number of rotatable bonds is 6. The largest absolute Gasteiger partial charge is 0.651 e. The molecule has 0 saturated heterocycles. The molecule has 0 N–H and O–H groups in total. The molecule has 1 fully saturated rings. The first-order chi connectivity index (χ1) is 9.76. The summed E-state index contributed by atoms with van der Waals surface area (Å²) in [5.74, 6) is 0.747. The van der Waals surface area contributed by atoms with Gasteiger partial charge in [-0.1, -0.05) is 33.8 Å². The lowest BCUT2D eigenvalue weighted by molar-refractivity contribution is 0.0790. The molecule has 21 heavy (non-hydrogen) atoms. The van der Waals surface area contributed by atoms with Crippen LogP contribution in [0.15, 0.2) is 12.3 Å². The van der Waals surface area contributed by atoms with Crippen LogP contribution in [0.25, 0.3) is 5.32 Å². The van der Waals surface area contributed by atoms with Gasteiger partial charge in [0.2, 0.25) is 5.88 Å². The fraction of sp³-hybridized carbons (Fsp3) is 0.688. The van der Waals surface area contributed by atoms with Crippen molar-refractivity contribution in [2.75, 3.05) is 6.61 Å². The second-order valence-electron chi connectivity index (χ2n) is 6.62. The third-order valence-electron chi connectivity index (χ3n) is 3.33. The van der Waals surface area contributed by atoms with E-state index < -0.39 is 13.0 Å². The molecule has 1 aliphatic rings. The van der Waals surface area contributed by atoms with Gasteiger partial charge in [0.05, 0.1) is 0 Å². The summed E-state index contributed by atoms with van der Waals surface area (Å²) >= 11 is 0. The Labute approximate surface area is 125 Å². The molecule has 1 heterocycles. The van der Waals surface area contributed by atoms with E-state index in [1.54, 1.807) is 6.20 Å². The Morgan fingerprint density at radius 2 is 2.05 bits per heavy atom. The van der Waals surface area contributed by atoms with Gasteiger partial charge in [-0.05, 0) is 24.3 Å². The average Bonchev–Trinajstić information content (AvgIpc) is 3.18. The molecule has 0 aliphatic heterocycles. The van der Waals surface area contributed by atoms with Gasteiger partial charge < -0.3 is 10.1 Å². The van der Waals surface area contributed by atoms with Gasteiger partial charge in [-0.15, -0.1) is 11.6 Å². The van der Waals surface area contributed by atoms with E-state index in [1.807, 2.05) is 13.0 Å². The summed E-state index contributed by atoms with van der Waals surface area (Å²) in [6.07, 6.45) is 1.35. The van der Waals surface area contributed by atoms with Crippen LogP contribution in [0.3, 0.4) is 0 Å². The second-order valence-corrected chi connectivity index (χ2v) is 6.62. The van der Waals surface area contributed by atoms with E-state index in [2.05, 4.69) is 25.8 Å². The van der Waals surface area contributed by atoms with Gasteiger partial charge in [0.15, 0.2) is 6.61 Å². The van der Waals surface area contributed by atoms with Crippen LogP contribution in [-0.4, -0.2) is 23.6 Å². The number of halogens is 2. The Hall–Kier alpha value is -1.23. The minimum atomic E-state index is -2.48. The van der Waals surface area contributed by atoms with Crippen LogP contribution in [-0.2, 0) is 0 Å². The molecule has 0 aromatic carbocycles. The molecule has 1 aliphatic carbocycles. The van der Waals surface area contributed by atoms with Gasteiger partial charge >= 0.3 is 0 Å². The van der Waals surface area contributed by atoms with Crippen molar-refractivity contribution >= 4 is 0 Å². The van der Waals surface area contributed by atoms with E-state index in [4.69, 9.17) is 10.1 Å². The molecule has 2 rings (SSSR count). The Morgan fingerprint density at radius 1 is 1.38 bits per heavy atom. The molecule has 1 atom stereocenters. The molecular formula is C16H23F2N2O-. The Kier molecular flexibility index (Phi) is 4.81. The number of ether oxygens (including phenoxy) is 1. The Morgan fingerprint density at radius 3 is 2.57 bits per heavy atom. The van der Waals surface area contributed by atoms with Crippen LogP contribution >= 0.6 is 0 Å². The maximum atomic E-state index is 12.3. The van der Waals surface area contributed by atoms with Crippen LogP contribution in [0.1, 0.15) is 63.6 Å². The molecule has 1 aromatic heterocycles. The normalized spacial score (nSPS) is 17.1. The van der Waals surface area contributed by atoms with E-state index in [-0.39, 0.29) is 11.6 Å². The molecule has 1 unspecified atom stereocenters. The van der Waals surface area contributed by atoms with Gasteiger partial charge in [-0.3, -0.25) is 0 Å². The monoisotopic (exact) mass is 297 g/mol. The van der Waals surface area contributed by atoms with Crippen LogP contribution < -0.4 is 4.74 Å². The van der Waals surface area contributed by atoms with Crippen LogP contribution in [0.2, 0.25) is 0 Å². The van der Waals surface area contributed by atoms with Crippen molar-refractivity contribution in [3.63, 3.8) is 0 Å². The topological polar surface area (TPSA) is 36.2 Å². The average molecular weight is 297 g/mol. The van der Waals surface area contributed by atoms with E-state index in [9.17, 15) is 8.78 Å². The first kappa shape index (κ1) is 16.1. The molecule has 0 bridgehead atoms. The van der Waals surface area contributed by atoms with E-state index in [1.165, 1.54) is 0 Å². The van der Waals surface area contributed by atoms with E-state index >= 15 is 0 Å². The van der Waals surface area contributed by atoms with Gasteiger partial charge in [0, 0.05) is 11.8 Å². The predicted octanol–water partition coefficient (Wildman–Crippen LogP) is 4.84. The lowest BCUT2D eigenvalue weighted by atomic mass is 10.0. The summed E-state index contributed by atoms with van der Waals surface area (Å²) in [6.45, 7) is 7.59. The molecule has 0 radical (unpaired) electrons. The number of hydrogen-bond donors (Lipinski definition) is 0. The highest BCUT2D eigenvalue weighted by Gasteiger charge is 2.28. The number of nitrogens with zero attached hydrogens (tertiary/aromatic N) is 2. The smallest absolute Gasteiger partial charge is 0.272 e. The molecule has 1 saturated carbocycles. The summed E-state index contributed by atoms with van der Waals surface area (Å²) in [7, 11) is 0. The van der Waals surface area contributed by atoms with E-state index in [0.717, 1.165) is 24.0 Å². The SMILES string of the molecule is CC([N-]C(C)(C)C)c1cnc(OCC(F)F)c(C2CC2)c1. The van der Waals surface area contributed by atoms with Crippen molar-refractivity contribution in [2.45, 2.75) is 64.5 Å². The second kappa shape index (κ2) is 6.26. The minimum absolute atomic E-state index is 0.0270. The minimum Gasteiger partial charge on any atom is -0.651 e. The first-order valence-corrected chi connectivity index (χ1v) is 7.39. The highest BCUT2D eigenvalue weighted by molar-refractivity contribution is 5.38. The summed E-state index contributed by atoms with van der Waals surface area (Å²) < 4.78 is 29.7. The van der Waals surface area contributed by atoms with E-state index in [0.29, 0.717) is 11.8 Å². The number of aromatic nitrogens is 1. The zero-order chi connectivity index (χ0) is 15.6. The summed E-state index contributed by atoms with van der Waals surface area (Å²) in [4.78, 5) is 4.25. The van der Waals surface area contributed by atoms with Crippen LogP contribution in [0.5, 0.6) is 5.88 Å². The zero-order valence-electron chi connectivity index (χ0n) is 13.1. The van der Waals surface area contributed by atoms with Gasteiger partial charge in [0.25, 0.3) is 6.43 Å². The summed E-state index contributed by atoms with van der Waals surface area (Å²) in [5, 5.41) is 4.70. The number of hydrogen-bond acceptors (Lipinski definition) is 2. The fourth-order valence-corrected chi connectivity index (χ4v) is 2.32. The summed E-state index contributed by atoms with van der Waals surface area (Å²) in [6, 6.07) is 2.05. The molecular weight excluding hydrogens is 274 g/mol. The Bertz CT molecular complexity index is 482. The van der Waals surface area contributed by atoms with Crippen molar-refractivity contribution in [1.29, 1.82) is 0 Å². The van der Waals surface area contributed by atoms with Crippen molar-refractivity contribution in [3.8, 4) is 5.88 Å². The highest BCUT2D eigenvalue weighted by atomic mass is 19.3. The quantitative estimate of drug-likeness (QED) is 0.753. The zero-order valence-corrected chi connectivity index (χ0v) is 13.1. The van der Waals surface area contributed by atoms with Crippen molar-refractivity contribution in [2.24, 2.45) is 0 Å². The molecule has 3 nitrogen and oxygen atoms in total. The standard InChI is InChI=1S/C16H23F2N2O/c1-10(20-16(2,3)4)12-7-13(11-5-6-11)15(19-8-12)21-9-14(17)18/h7-8,10-11,14H,5-6,9H2,1-4H3/q-1. The van der Waals surface area contributed by atoms with Crippen LogP contribution in [0, 0.1) is 0 Å². The highest BCUT2D eigenvalue weighted by Crippen LogP contribution is 2.45. The van der Waals surface area contributed by atoms with Gasteiger partial charge in [-0.25, -0.2) is 13.8 Å². The molecule has 118 valence electrons. The van der Waals surface area contributed by atoms with Crippen molar-refractivity contribution in [1.82, 2.24) is 4.98 Å². The maximum absolute atomic E-state index is 12.3. The van der Waals surface area contributed by atoms with Crippen molar-refractivity contribution in [3.05, 3.63) is 28.7 Å². The molecule has 1 aromatic rings. The maximum Gasteiger partial charge on any atom is 0.272 e. The lowest BCUT2D eigenvalue weighted by Gasteiger charge is -2.42.